The number of hydrogen-bond acceptors (Lipinski definition) is 10. The first-order valence-electron chi connectivity index (χ1n) is 13.2. The Labute approximate surface area is 233 Å². The average Bonchev–Trinajstić information content (AvgIpc) is 2.94. The number of likely N-dealkylation sites (N-methyl/N-ethyl adjacent to an activating group) is 2. The van der Waals surface area contributed by atoms with Crippen molar-refractivity contribution >= 4 is 45.8 Å². The van der Waals surface area contributed by atoms with Crippen molar-refractivity contribution < 1.29 is 4.79 Å². The maximum Gasteiger partial charge on any atom is 0.248 e. The number of benzene rings is 1. The first-order valence-corrected chi connectivity index (χ1v) is 13.2. The lowest BCUT2D eigenvalue weighted by molar-refractivity contribution is -0.111. The normalized spacial score (nSPS) is 14.2. The van der Waals surface area contributed by atoms with Crippen molar-refractivity contribution in [2.75, 3.05) is 75.1 Å². The van der Waals surface area contributed by atoms with E-state index in [9.17, 15) is 4.79 Å². The zero-order valence-corrected chi connectivity index (χ0v) is 23.0. The number of anilines is 5. The standard InChI is InChI=1S/C29H34N10O/c1-37(2)13-5-8-25(40)33-21-7-4-6-20(18-21)26-27-23(11-12-31-26)28(30)36-29(35-27)34-22-9-10-24(32-19-22)39-16-14-38(3)15-17-39/h4-12,18-19H,13-17H2,1-3H3,(H,33,40)(H3,30,34,35,36). The van der Waals surface area contributed by atoms with E-state index >= 15 is 0 Å². The summed E-state index contributed by atoms with van der Waals surface area (Å²) in [7, 11) is 6.03. The molecule has 11 heteroatoms. The van der Waals surface area contributed by atoms with Crippen molar-refractivity contribution in [3.63, 3.8) is 0 Å². The summed E-state index contributed by atoms with van der Waals surface area (Å²) < 4.78 is 0. The minimum Gasteiger partial charge on any atom is -0.383 e. The highest BCUT2D eigenvalue weighted by atomic mass is 16.1. The van der Waals surface area contributed by atoms with Gasteiger partial charge in [-0.25, -0.2) is 9.97 Å². The van der Waals surface area contributed by atoms with Crippen LogP contribution in [0.5, 0.6) is 0 Å². The molecule has 1 fully saturated rings. The molecule has 0 unspecified atom stereocenters. The molecule has 0 radical (unpaired) electrons. The number of nitrogens with one attached hydrogen (secondary N) is 2. The molecule has 1 saturated heterocycles. The van der Waals surface area contributed by atoms with Gasteiger partial charge in [0.05, 0.1) is 17.6 Å². The largest absolute Gasteiger partial charge is 0.383 e. The number of amides is 1. The highest BCUT2D eigenvalue weighted by molar-refractivity contribution is 6.01. The number of fused-ring (bicyclic) bond motifs is 1. The molecule has 5 rings (SSSR count). The summed E-state index contributed by atoms with van der Waals surface area (Å²) >= 11 is 0. The number of pyridine rings is 2. The van der Waals surface area contributed by atoms with Gasteiger partial charge in [-0.2, -0.15) is 4.98 Å². The summed E-state index contributed by atoms with van der Waals surface area (Å²) in [5.74, 6) is 1.44. The second-order valence-corrected chi connectivity index (χ2v) is 10.0. The van der Waals surface area contributed by atoms with E-state index < -0.39 is 0 Å². The first kappa shape index (κ1) is 27.0. The number of nitrogens with two attached hydrogens (primary N) is 1. The lowest BCUT2D eigenvalue weighted by atomic mass is 10.1. The molecule has 0 saturated carbocycles. The highest BCUT2D eigenvalue weighted by Gasteiger charge is 2.16. The van der Waals surface area contributed by atoms with Crippen molar-refractivity contribution in [3.05, 3.63) is 67.0 Å². The minimum absolute atomic E-state index is 0.199. The number of piperazine rings is 1. The van der Waals surface area contributed by atoms with E-state index in [0.717, 1.165) is 43.2 Å². The van der Waals surface area contributed by atoms with Gasteiger partial charge in [-0.15, -0.1) is 0 Å². The lowest BCUT2D eigenvalue weighted by Crippen LogP contribution is -2.44. The van der Waals surface area contributed by atoms with Crippen molar-refractivity contribution in [3.8, 4) is 11.3 Å². The zero-order chi connectivity index (χ0) is 28.1. The second-order valence-electron chi connectivity index (χ2n) is 10.0. The van der Waals surface area contributed by atoms with Crippen LogP contribution in [0.15, 0.2) is 67.0 Å². The molecule has 0 atom stereocenters. The Balaban J connectivity index is 1.37. The number of carbonyl (C=O) groups excluding carboxylic acids is 1. The average molecular weight is 539 g/mol. The summed E-state index contributed by atoms with van der Waals surface area (Å²) in [6, 6.07) is 13.3. The summed E-state index contributed by atoms with van der Waals surface area (Å²) in [6.07, 6.45) is 6.80. The molecule has 11 nitrogen and oxygen atoms in total. The van der Waals surface area contributed by atoms with Gasteiger partial charge in [0.1, 0.15) is 17.2 Å². The Hall–Kier alpha value is -4.61. The fraction of sp³-hybridized carbons (Fsp3) is 0.276. The van der Waals surface area contributed by atoms with Crippen molar-refractivity contribution in [2.24, 2.45) is 0 Å². The van der Waals surface area contributed by atoms with Crippen LogP contribution in [0.1, 0.15) is 0 Å². The van der Waals surface area contributed by atoms with E-state index in [2.05, 4.69) is 42.4 Å². The van der Waals surface area contributed by atoms with Crippen molar-refractivity contribution in [2.45, 2.75) is 0 Å². The molecule has 4 N–H and O–H groups in total. The van der Waals surface area contributed by atoms with Gasteiger partial charge < -0.3 is 31.1 Å². The van der Waals surface area contributed by atoms with Crippen LogP contribution in [-0.2, 0) is 4.79 Å². The van der Waals surface area contributed by atoms with Gasteiger partial charge in [0.25, 0.3) is 0 Å². The molecule has 0 bridgehead atoms. The van der Waals surface area contributed by atoms with Gasteiger partial charge in [0.2, 0.25) is 11.9 Å². The predicted molar refractivity (Wildman–Crippen MR) is 161 cm³/mol. The summed E-state index contributed by atoms with van der Waals surface area (Å²) in [4.78, 5) is 37.4. The summed E-state index contributed by atoms with van der Waals surface area (Å²) in [5.41, 5.74) is 9.79. The molecule has 0 spiro atoms. The zero-order valence-electron chi connectivity index (χ0n) is 23.0. The molecule has 1 aliphatic rings. The Bertz CT molecular complexity index is 1510. The van der Waals surface area contributed by atoms with E-state index in [0.29, 0.717) is 40.6 Å². The number of carbonyl (C=O) groups is 1. The van der Waals surface area contributed by atoms with Gasteiger partial charge in [0, 0.05) is 61.6 Å². The molecular weight excluding hydrogens is 504 g/mol. The van der Waals surface area contributed by atoms with Crippen LogP contribution in [0.4, 0.5) is 29.0 Å². The molecule has 40 heavy (non-hydrogen) atoms. The van der Waals surface area contributed by atoms with Crippen LogP contribution >= 0.6 is 0 Å². The van der Waals surface area contributed by atoms with E-state index in [4.69, 9.17) is 10.7 Å². The van der Waals surface area contributed by atoms with Gasteiger partial charge in [-0.05, 0) is 51.5 Å². The van der Waals surface area contributed by atoms with Crippen LogP contribution in [0.3, 0.4) is 0 Å². The molecule has 0 aliphatic carbocycles. The Kier molecular flexibility index (Phi) is 8.13. The molecule has 1 aromatic carbocycles. The number of aromatic nitrogens is 4. The highest BCUT2D eigenvalue weighted by Crippen LogP contribution is 2.30. The predicted octanol–water partition coefficient (Wildman–Crippen LogP) is 3.22. The van der Waals surface area contributed by atoms with Crippen LogP contribution in [-0.4, -0.2) is 89.5 Å². The van der Waals surface area contributed by atoms with Crippen LogP contribution in [0, 0.1) is 0 Å². The SMILES string of the molecule is CN(C)CC=CC(=O)Nc1cccc(-c2nccc3c(N)nc(Nc4ccc(N5CCN(C)CC5)nc4)nc23)c1. The molecule has 4 aromatic rings. The van der Waals surface area contributed by atoms with Crippen molar-refractivity contribution in [1.82, 2.24) is 29.7 Å². The fourth-order valence-corrected chi connectivity index (χ4v) is 4.46. The Morgan fingerprint density at radius 1 is 1.05 bits per heavy atom. The smallest absolute Gasteiger partial charge is 0.248 e. The third-order valence-electron chi connectivity index (χ3n) is 6.62. The third-order valence-corrected chi connectivity index (χ3v) is 6.62. The fourth-order valence-electron chi connectivity index (χ4n) is 4.46. The van der Waals surface area contributed by atoms with Crippen LogP contribution in [0.2, 0.25) is 0 Å². The molecule has 3 aromatic heterocycles. The molecule has 206 valence electrons. The quantitative estimate of drug-likeness (QED) is 0.288. The van der Waals surface area contributed by atoms with Crippen LogP contribution in [0.25, 0.3) is 22.2 Å². The summed E-state index contributed by atoms with van der Waals surface area (Å²) in [6.45, 7) is 4.63. The molecule has 1 aliphatic heterocycles. The maximum atomic E-state index is 12.4. The number of nitrogen functional groups attached to an aromatic ring is 1. The second kappa shape index (κ2) is 12.1. The van der Waals surface area contributed by atoms with Crippen LogP contribution < -0.4 is 21.3 Å². The molecule has 1 amide bonds. The van der Waals surface area contributed by atoms with Crippen molar-refractivity contribution in [1.29, 1.82) is 0 Å². The van der Waals surface area contributed by atoms with Gasteiger partial charge in [-0.3, -0.25) is 9.78 Å². The first-order chi connectivity index (χ1) is 19.4. The Morgan fingerprint density at radius 2 is 1.88 bits per heavy atom. The Morgan fingerprint density at radius 3 is 2.62 bits per heavy atom. The van der Waals surface area contributed by atoms with E-state index in [1.165, 1.54) is 6.08 Å². The van der Waals surface area contributed by atoms with Gasteiger partial charge in [-0.1, -0.05) is 18.2 Å². The maximum absolute atomic E-state index is 12.4. The lowest BCUT2D eigenvalue weighted by Gasteiger charge is -2.33. The van der Waals surface area contributed by atoms with E-state index in [-0.39, 0.29) is 5.91 Å². The topological polar surface area (TPSA) is 128 Å². The van der Waals surface area contributed by atoms with E-state index in [1.54, 1.807) is 18.5 Å². The number of hydrogen-bond donors (Lipinski definition) is 3. The summed E-state index contributed by atoms with van der Waals surface area (Å²) in [5, 5.41) is 6.83. The minimum atomic E-state index is -0.199. The van der Waals surface area contributed by atoms with E-state index in [1.807, 2.05) is 61.5 Å². The number of rotatable bonds is 8. The molecular formula is C29H34N10O. The number of nitrogens with zero attached hydrogens (tertiary/aromatic N) is 7. The third kappa shape index (κ3) is 6.50. The van der Waals surface area contributed by atoms with Gasteiger partial charge >= 0.3 is 0 Å². The monoisotopic (exact) mass is 538 g/mol. The molecule has 4 heterocycles. The van der Waals surface area contributed by atoms with Gasteiger partial charge in [0.15, 0.2) is 0 Å².